The predicted octanol–water partition coefficient (Wildman–Crippen LogP) is 1.06. The molecular formula is C17H23N5O3S. The van der Waals surface area contributed by atoms with Crippen LogP contribution in [0.5, 0.6) is 5.75 Å². The van der Waals surface area contributed by atoms with Crippen molar-refractivity contribution in [1.29, 1.82) is 0 Å². The number of hydrogen-bond acceptors (Lipinski definition) is 7. The lowest BCUT2D eigenvalue weighted by Gasteiger charge is -2.34. The summed E-state index contributed by atoms with van der Waals surface area (Å²) < 4.78 is 32.2. The molecule has 2 heterocycles. The summed E-state index contributed by atoms with van der Waals surface area (Å²) in [6.07, 6.45) is 0. The minimum atomic E-state index is -3.50. The lowest BCUT2D eigenvalue weighted by atomic mass is 10.3. The van der Waals surface area contributed by atoms with E-state index in [-0.39, 0.29) is 4.90 Å². The van der Waals surface area contributed by atoms with E-state index in [1.165, 1.54) is 4.31 Å². The number of aromatic nitrogens is 2. The standard InChI is InChI=1S/C17H23N5O3S/c1-20(2)16-8-9-17(19-18-16)21-10-12-22(13-11-21)26(23,24)15-6-4-14(25-3)5-7-15/h4-9H,10-13H2,1-3H3. The maximum atomic E-state index is 12.8. The number of benzene rings is 1. The molecule has 0 aliphatic carbocycles. The Kier molecular flexibility index (Phi) is 5.28. The molecule has 3 rings (SSSR count). The molecule has 0 atom stereocenters. The van der Waals surface area contributed by atoms with Crippen molar-refractivity contribution < 1.29 is 13.2 Å². The number of ether oxygens (including phenoxy) is 1. The van der Waals surface area contributed by atoms with Gasteiger partial charge in [0.1, 0.15) is 5.75 Å². The van der Waals surface area contributed by atoms with Crippen molar-refractivity contribution >= 4 is 21.7 Å². The topological polar surface area (TPSA) is 78.9 Å². The highest BCUT2D eigenvalue weighted by Crippen LogP contribution is 2.22. The predicted molar refractivity (Wildman–Crippen MR) is 100 cm³/mol. The average Bonchev–Trinajstić information content (AvgIpc) is 2.68. The third-order valence-electron chi connectivity index (χ3n) is 4.35. The van der Waals surface area contributed by atoms with E-state index in [9.17, 15) is 8.42 Å². The van der Waals surface area contributed by atoms with E-state index < -0.39 is 10.0 Å². The fourth-order valence-corrected chi connectivity index (χ4v) is 4.20. The van der Waals surface area contributed by atoms with Gasteiger partial charge in [0, 0.05) is 40.3 Å². The number of rotatable bonds is 5. The summed E-state index contributed by atoms with van der Waals surface area (Å²) in [5.74, 6) is 2.18. The molecule has 140 valence electrons. The number of nitrogens with zero attached hydrogens (tertiary/aromatic N) is 5. The Morgan fingerprint density at radius 2 is 1.62 bits per heavy atom. The number of anilines is 2. The lowest BCUT2D eigenvalue weighted by Crippen LogP contribution is -2.49. The molecule has 0 radical (unpaired) electrons. The summed E-state index contributed by atoms with van der Waals surface area (Å²) in [4.78, 5) is 4.21. The molecule has 1 aliphatic heterocycles. The highest BCUT2D eigenvalue weighted by Gasteiger charge is 2.29. The first-order valence-electron chi connectivity index (χ1n) is 8.32. The molecule has 9 heteroatoms. The van der Waals surface area contributed by atoms with Gasteiger partial charge in [-0.1, -0.05) is 0 Å². The van der Waals surface area contributed by atoms with Crippen LogP contribution in [0.25, 0.3) is 0 Å². The first-order chi connectivity index (χ1) is 12.4. The number of sulfonamides is 1. The zero-order valence-electron chi connectivity index (χ0n) is 15.2. The molecule has 2 aromatic rings. The minimum absolute atomic E-state index is 0.280. The molecule has 0 bridgehead atoms. The maximum Gasteiger partial charge on any atom is 0.243 e. The molecular weight excluding hydrogens is 354 g/mol. The normalized spacial score (nSPS) is 15.7. The second kappa shape index (κ2) is 7.46. The van der Waals surface area contributed by atoms with Gasteiger partial charge in [0.05, 0.1) is 12.0 Å². The Bertz CT molecular complexity index is 830. The summed E-state index contributed by atoms with van der Waals surface area (Å²) in [5.41, 5.74) is 0. The van der Waals surface area contributed by atoms with Crippen LogP contribution in [0.4, 0.5) is 11.6 Å². The van der Waals surface area contributed by atoms with E-state index >= 15 is 0 Å². The van der Waals surface area contributed by atoms with E-state index in [4.69, 9.17) is 4.74 Å². The fourth-order valence-electron chi connectivity index (χ4n) is 2.78. The van der Waals surface area contributed by atoms with Gasteiger partial charge in [0.2, 0.25) is 10.0 Å². The largest absolute Gasteiger partial charge is 0.497 e. The summed E-state index contributed by atoms with van der Waals surface area (Å²) in [7, 11) is 1.87. The van der Waals surface area contributed by atoms with Crippen molar-refractivity contribution in [3.8, 4) is 5.75 Å². The molecule has 1 aromatic heterocycles. The molecule has 0 spiro atoms. The summed E-state index contributed by atoms with van der Waals surface area (Å²) in [6.45, 7) is 1.97. The Morgan fingerprint density at radius 1 is 0.962 bits per heavy atom. The molecule has 0 saturated carbocycles. The van der Waals surface area contributed by atoms with E-state index in [1.807, 2.05) is 36.0 Å². The van der Waals surface area contributed by atoms with Crippen LogP contribution in [0.1, 0.15) is 0 Å². The van der Waals surface area contributed by atoms with Crippen LogP contribution < -0.4 is 14.5 Å². The smallest absolute Gasteiger partial charge is 0.243 e. The van der Waals surface area contributed by atoms with Crippen molar-refractivity contribution in [3.63, 3.8) is 0 Å². The van der Waals surface area contributed by atoms with E-state index in [0.29, 0.717) is 31.9 Å². The zero-order chi connectivity index (χ0) is 18.7. The fraction of sp³-hybridized carbons (Fsp3) is 0.412. The van der Waals surface area contributed by atoms with Gasteiger partial charge in [-0.25, -0.2) is 8.42 Å². The second-order valence-electron chi connectivity index (χ2n) is 6.21. The van der Waals surface area contributed by atoms with Crippen molar-refractivity contribution in [1.82, 2.24) is 14.5 Å². The molecule has 1 aromatic carbocycles. The quantitative estimate of drug-likeness (QED) is 0.771. The second-order valence-corrected chi connectivity index (χ2v) is 8.15. The van der Waals surface area contributed by atoms with Crippen LogP contribution in [-0.4, -0.2) is 70.3 Å². The highest BCUT2D eigenvalue weighted by molar-refractivity contribution is 7.89. The molecule has 1 aliphatic rings. The van der Waals surface area contributed by atoms with Gasteiger partial charge in [-0.3, -0.25) is 0 Å². The van der Waals surface area contributed by atoms with Crippen LogP contribution in [0, 0.1) is 0 Å². The third kappa shape index (κ3) is 3.73. The first-order valence-corrected chi connectivity index (χ1v) is 9.76. The lowest BCUT2D eigenvalue weighted by molar-refractivity contribution is 0.383. The molecule has 0 N–H and O–H groups in total. The number of methoxy groups -OCH3 is 1. The maximum absolute atomic E-state index is 12.8. The highest BCUT2D eigenvalue weighted by atomic mass is 32.2. The zero-order valence-corrected chi connectivity index (χ0v) is 16.0. The van der Waals surface area contributed by atoms with Gasteiger partial charge < -0.3 is 14.5 Å². The Morgan fingerprint density at radius 3 is 2.12 bits per heavy atom. The van der Waals surface area contributed by atoms with Gasteiger partial charge in [-0.15, -0.1) is 10.2 Å². The van der Waals surface area contributed by atoms with Crippen molar-refractivity contribution in [2.45, 2.75) is 4.90 Å². The van der Waals surface area contributed by atoms with Crippen molar-refractivity contribution in [3.05, 3.63) is 36.4 Å². The molecule has 0 unspecified atom stereocenters. The van der Waals surface area contributed by atoms with Crippen LogP contribution in [-0.2, 0) is 10.0 Å². The number of piperazine rings is 1. The van der Waals surface area contributed by atoms with E-state index in [1.54, 1.807) is 31.4 Å². The Balaban J connectivity index is 1.67. The molecule has 8 nitrogen and oxygen atoms in total. The molecule has 0 amide bonds. The van der Waals surface area contributed by atoms with Crippen LogP contribution in [0.15, 0.2) is 41.3 Å². The van der Waals surface area contributed by atoms with Crippen LogP contribution in [0.2, 0.25) is 0 Å². The molecule has 1 fully saturated rings. The SMILES string of the molecule is COc1ccc(S(=O)(=O)N2CCN(c3ccc(N(C)C)nn3)CC2)cc1. The third-order valence-corrected chi connectivity index (χ3v) is 6.27. The van der Waals surface area contributed by atoms with Crippen LogP contribution in [0.3, 0.4) is 0 Å². The van der Waals surface area contributed by atoms with E-state index in [0.717, 1.165) is 11.6 Å². The van der Waals surface area contributed by atoms with Crippen LogP contribution >= 0.6 is 0 Å². The monoisotopic (exact) mass is 377 g/mol. The van der Waals surface area contributed by atoms with Crippen molar-refractivity contribution in [2.24, 2.45) is 0 Å². The molecule has 26 heavy (non-hydrogen) atoms. The summed E-state index contributed by atoms with van der Waals surface area (Å²) in [5, 5.41) is 8.42. The van der Waals surface area contributed by atoms with Gasteiger partial charge in [0.15, 0.2) is 11.6 Å². The van der Waals surface area contributed by atoms with Gasteiger partial charge in [0.25, 0.3) is 0 Å². The Labute approximate surface area is 154 Å². The van der Waals surface area contributed by atoms with Gasteiger partial charge in [-0.2, -0.15) is 4.31 Å². The summed E-state index contributed by atoms with van der Waals surface area (Å²) >= 11 is 0. The average molecular weight is 377 g/mol. The van der Waals surface area contributed by atoms with E-state index in [2.05, 4.69) is 10.2 Å². The Hall–Kier alpha value is -2.39. The van der Waals surface area contributed by atoms with Crippen molar-refractivity contribution in [2.75, 3.05) is 57.2 Å². The first kappa shape index (κ1) is 18.4. The minimum Gasteiger partial charge on any atom is -0.497 e. The summed E-state index contributed by atoms with van der Waals surface area (Å²) in [6, 6.07) is 10.3. The van der Waals surface area contributed by atoms with Gasteiger partial charge >= 0.3 is 0 Å². The number of hydrogen-bond donors (Lipinski definition) is 0. The molecule has 1 saturated heterocycles. The van der Waals surface area contributed by atoms with Gasteiger partial charge in [-0.05, 0) is 36.4 Å².